The van der Waals surface area contributed by atoms with Crippen LogP contribution in [0.1, 0.15) is 26.2 Å². The molecule has 0 aliphatic carbocycles. The SMILES string of the molecule is CCCCC(N)C(=O)NS(C)(=O)=O. The third-order valence-electron chi connectivity index (χ3n) is 1.49. The zero-order valence-corrected chi connectivity index (χ0v) is 8.73. The highest BCUT2D eigenvalue weighted by Gasteiger charge is 2.15. The molecule has 5 nitrogen and oxygen atoms in total. The Morgan fingerprint density at radius 2 is 2.08 bits per heavy atom. The highest BCUT2D eigenvalue weighted by Crippen LogP contribution is 1.98. The topological polar surface area (TPSA) is 89.3 Å². The van der Waals surface area contributed by atoms with Gasteiger partial charge in [-0.15, -0.1) is 0 Å². The molecule has 6 heteroatoms. The van der Waals surface area contributed by atoms with Crippen molar-refractivity contribution in [3.63, 3.8) is 0 Å². The number of sulfonamides is 1. The minimum Gasteiger partial charge on any atom is -0.320 e. The minimum atomic E-state index is -3.47. The smallest absolute Gasteiger partial charge is 0.250 e. The number of hydrogen-bond acceptors (Lipinski definition) is 4. The van der Waals surface area contributed by atoms with Gasteiger partial charge in [0.25, 0.3) is 0 Å². The van der Waals surface area contributed by atoms with Crippen molar-refractivity contribution in [2.45, 2.75) is 32.2 Å². The third kappa shape index (κ3) is 6.53. The van der Waals surface area contributed by atoms with Gasteiger partial charge in [0.15, 0.2) is 0 Å². The van der Waals surface area contributed by atoms with E-state index in [-0.39, 0.29) is 0 Å². The van der Waals surface area contributed by atoms with Crippen LogP contribution in [-0.4, -0.2) is 26.6 Å². The maximum absolute atomic E-state index is 11.0. The van der Waals surface area contributed by atoms with Gasteiger partial charge < -0.3 is 5.73 Å². The molecule has 0 saturated heterocycles. The van der Waals surface area contributed by atoms with Gasteiger partial charge >= 0.3 is 0 Å². The summed E-state index contributed by atoms with van der Waals surface area (Å²) in [6.07, 6.45) is 3.19. The Hall–Kier alpha value is -0.620. The molecule has 0 saturated carbocycles. The molecule has 0 radical (unpaired) electrons. The fourth-order valence-electron chi connectivity index (χ4n) is 0.814. The molecule has 0 fully saturated rings. The molecule has 0 rings (SSSR count). The van der Waals surface area contributed by atoms with Gasteiger partial charge in [0, 0.05) is 0 Å². The Morgan fingerprint density at radius 1 is 1.54 bits per heavy atom. The highest BCUT2D eigenvalue weighted by molar-refractivity contribution is 7.89. The van der Waals surface area contributed by atoms with Gasteiger partial charge in [0.2, 0.25) is 15.9 Å². The van der Waals surface area contributed by atoms with E-state index >= 15 is 0 Å². The molecular weight excluding hydrogens is 192 g/mol. The first kappa shape index (κ1) is 12.4. The third-order valence-corrected chi connectivity index (χ3v) is 2.06. The summed E-state index contributed by atoms with van der Waals surface area (Å²) < 4.78 is 23.1. The number of rotatable bonds is 5. The van der Waals surface area contributed by atoms with Gasteiger partial charge in [0.1, 0.15) is 0 Å². The van der Waals surface area contributed by atoms with Crippen molar-refractivity contribution >= 4 is 15.9 Å². The molecule has 0 bridgehead atoms. The van der Waals surface area contributed by atoms with Crippen LogP contribution in [0.4, 0.5) is 0 Å². The van der Waals surface area contributed by atoms with E-state index in [2.05, 4.69) is 0 Å². The summed E-state index contributed by atoms with van der Waals surface area (Å²) >= 11 is 0. The highest BCUT2D eigenvalue weighted by atomic mass is 32.2. The first-order valence-electron chi connectivity index (χ1n) is 4.14. The normalized spacial score (nSPS) is 13.8. The van der Waals surface area contributed by atoms with Crippen molar-refractivity contribution in [1.29, 1.82) is 0 Å². The summed E-state index contributed by atoms with van der Waals surface area (Å²) in [5, 5.41) is 0. The van der Waals surface area contributed by atoms with Crippen LogP contribution in [0.15, 0.2) is 0 Å². The van der Waals surface area contributed by atoms with Crippen molar-refractivity contribution in [2.75, 3.05) is 6.26 Å². The van der Waals surface area contributed by atoms with E-state index in [1.807, 2.05) is 11.6 Å². The summed E-state index contributed by atoms with van der Waals surface area (Å²) in [6, 6.07) is -0.727. The number of carbonyl (C=O) groups excluding carboxylic acids is 1. The largest absolute Gasteiger partial charge is 0.320 e. The molecule has 3 N–H and O–H groups in total. The molecular formula is C7H16N2O3S. The van der Waals surface area contributed by atoms with Gasteiger partial charge in [-0.1, -0.05) is 19.8 Å². The standard InChI is InChI=1S/C7H16N2O3S/c1-3-4-5-6(8)7(10)9-13(2,11)12/h6H,3-5,8H2,1-2H3,(H,9,10). The Bertz CT molecular complexity index is 261. The number of carbonyl (C=O) groups is 1. The number of nitrogens with one attached hydrogen (secondary N) is 1. The molecule has 1 atom stereocenters. The molecule has 0 aromatic rings. The summed E-state index contributed by atoms with van der Waals surface area (Å²) in [5.74, 6) is -0.629. The lowest BCUT2D eigenvalue weighted by molar-refractivity contribution is -0.120. The molecule has 1 amide bonds. The molecule has 0 aliphatic heterocycles. The predicted octanol–water partition coefficient (Wildman–Crippen LogP) is -0.420. The van der Waals surface area contributed by atoms with E-state index in [0.717, 1.165) is 19.1 Å². The number of hydrogen-bond donors (Lipinski definition) is 2. The molecule has 1 unspecified atom stereocenters. The first-order chi connectivity index (χ1) is 5.87. The Labute approximate surface area is 78.7 Å². The molecule has 0 heterocycles. The van der Waals surface area contributed by atoms with Crippen LogP contribution in [0.5, 0.6) is 0 Å². The molecule has 0 aromatic carbocycles. The van der Waals surface area contributed by atoms with E-state index in [9.17, 15) is 13.2 Å². The van der Waals surface area contributed by atoms with Gasteiger partial charge in [-0.25, -0.2) is 8.42 Å². The summed E-state index contributed by atoms with van der Waals surface area (Å²) in [5.41, 5.74) is 5.43. The fourth-order valence-corrected chi connectivity index (χ4v) is 1.33. The molecule has 13 heavy (non-hydrogen) atoms. The Balaban J connectivity index is 3.97. The fraction of sp³-hybridized carbons (Fsp3) is 0.857. The molecule has 78 valence electrons. The second-order valence-corrected chi connectivity index (χ2v) is 4.74. The second-order valence-electron chi connectivity index (χ2n) is 2.99. The summed E-state index contributed by atoms with van der Waals surface area (Å²) in [6.45, 7) is 1.97. The average molecular weight is 208 g/mol. The van der Waals surface area contributed by atoms with Crippen LogP contribution >= 0.6 is 0 Å². The summed E-state index contributed by atoms with van der Waals surface area (Å²) in [7, 11) is -3.47. The van der Waals surface area contributed by atoms with E-state index < -0.39 is 22.0 Å². The Kier molecular flexibility index (Phi) is 4.94. The van der Waals surface area contributed by atoms with Gasteiger partial charge in [-0.2, -0.15) is 0 Å². The van der Waals surface area contributed by atoms with Crippen LogP contribution in [0.25, 0.3) is 0 Å². The lowest BCUT2D eigenvalue weighted by Crippen LogP contribution is -2.42. The predicted molar refractivity (Wildman–Crippen MR) is 50.5 cm³/mol. The lowest BCUT2D eigenvalue weighted by Gasteiger charge is -2.09. The van der Waals surface area contributed by atoms with Crippen LogP contribution in [0.2, 0.25) is 0 Å². The first-order valence-corrected chi connectivity index (χ1v) is 6.03. The van der Waals surface area contributed by atoms with Crippen molar-refractivity contribution in [1.82, 2.24) is 4.72 Å². The summed E-state index contributed by atoms with van der Waals surface area (Å²) in [4.78, 5) is 11.0. The lowest BCUT2D eigenvalue weighted by atomic mass is 10.1. The maximum Gasteiger partial charge on any atom is 0.250 e. The monoisotopic (exact) mass is 208 g/mol. The number of nitrogens with two attached hydrogens (primary N) is 1. The maximum atomic E-state index is 11.0. The van der Waals surface area contributed by atoms with E-state index in [1.54, 1.807) is 0 Å². The number of amides is 1. The molecule has 0 spiro atoms. The van der Waals surface area contributed by atoms with Crippen LogP contribution in [0.3, 0.4) is 0 Å². The quantitative estimate of drug-likeness (QED) is 0.642. The number of unbranched alkanes of at least 4 members (excludes halogenated alkanes) is 1. The zero-order chi connectivity index (χ0) is 10.5. The molecule has 0 aromatic heterocycles. The van der Waals surface area contributed by atoms with Crippen molar-refractivity contribution in [2.24, 2.45) is 5.73 Å². The van der Waals surface area contributed by atoms with Crippen LogP contribution in [0, 0.1) is 0 Å². The zero-order valence-electron chi connectivity index (χ0n) is 7.91. The van der Waals surface area contributed by atoms with Crippen LogP contribution in [-0.2, 0) is 14.8 Å². The molecule has 0 aliphatic rings. The average Bonchev–Trinajstić information content (AvgIpc) is 1.96. The van der Waals surface area contributed by atoms with Gasteiger partial charge in [0.05, 0.1) is 12.3 Å². The van der Waals surface area contributed by atoms with Crippen molar-refractivity contribution in [3.05, 3.63) is 0 Å². The van der Waals surface area contributed by atoms with Gasteiger partial charge in [-0.05, 0) is 6.42 Å². The van der Waals surface area contributed by atoms with Crippen molar-refractivity contribution < 1.29 is 13.2 Å². The van der Waals surface area contributed by atoms with E-state index in [4.69, 9.17) is 5.73 Å². The second kappa shape index (κ2) is 5.18. The van der Waals surface area contributed by atoms with Gasteiger partial charge in [-0.3, -0.25) is 9.52 Å². The van der Waals surface area contributed by atoms with Crippen molar-refractivity contribution in [3.8, 4) is 0 Å². The Morgan fingerprint density at radius 3 is 2.46 bits per heavy atom. The van der Waals surface area contributed by atoms with Crippen LogP contribution < -0.4 is 10.5 Å². The van der Waals surface area contributed by atoms with E-state index in [0.29, 0.717) is 6.42 Å². The van der Waals surface area contributed by atoms with E-state index in [1.165, 1.54) is 0 Å². The minimum absolute atomic E-state index is 0.512.